The molecular formula is C35H54N6O9SSi. The predicted octanol–water partition coefficient (Wildman–Crippen LogP) is 6.66. The number of carbonyl (C=O) groups is 2. The monoisotopic (exact) mass is 762 g/mol. The lowest BCUT2D eigenvalue weighted by atomic mass is 10.0. The number of carboxylic acid groups (broad SMARTS) is 1. The van der Waals surface area contributed by atoms with Crippen LogP contribution in [0.1, 0.15) is 66.9 Å². The number of nitrogens with one attached hydrogen (secondary N) is 1. The van der Waals surface area contributed by atoms with E-state index in [-0.39, 0.29) is 36.5 Å². The van der Waals surface area contributed by atoms with Crippen molar-refractivity contribution in [3.05, 3.63) is 42.1 Å². The van der Waals surface area contributed by atoms with Gasteiger partial charge >= 0.3 is 12.2 Å². The quantitative estimate of drug-likeness (QED) is 0.140. The van der Waals surface area contributed by atoms with Crippen molar-refractivity contribution in [1.29, 1.82) is 0 Å². The van der Waals surface area contributed by atoms with Crippen LogP contribution in [-0.2, 0) is 29.9 Å². The van der Waals surface area contributed by atoms with Crippen LogP contribution in [0.3, 0.4) is 0 Å². The Morgan fingerprint density at radius 2 is 1.79 bits per heavy atom. The third-order valence-electron chi connectivity index (χ3n) is 9.01. The lowest BCUT2D eigenvalue weighted by Gasteiger charge is -2.37. The Morgan fingerprint density at radius 1 is 1.12 bits per heavy atom. The zero-order chi connectivity index (χ0) is 38.6. The number of hydrogen-bond acceptors (Lipinski definition) is 11. The van der Waals surface area contributed by atoms with Crippen LogP contribution < -0.4 is 15.0 Å². The first-order valence-corrected chi connectivity index (χ1v) is 22.2. The molecule has 0 saturated carbocycles. The van der Waals surface area contributed by atoms with Crippen LogP contribution in [0.5, 0.6) is 5.75 Å². The summed E-state index contributed by atoms with van der Waals surface area (Å²) < 4.78 is 50.8. The first-order valence-electron chi connectivity index (χ1n) is 17.5. The Morgan fingerprint density at radius 3 is 2.37 bits per heavy atom. The predicted molar refractivity (Wildman–Crippen MR) is 202 cm³/mol. The van der Waals surface area contributed by atoms with Crippen molar-refractivity contribution in [2.45, 2.75) is 104 Å². The van der Waals surface area contributed by atoms with Gasteiger partial charge in [0.2, 0.25) is 0 Å². The maximum absolute atomic E-state index is 14.4. The Balaban J connectivity index is 1.98. The van der Waals surface area contributed by atoms with E-state index in [1.165, 1.54) is 14.3 Å². The fourth-order valence-electron chi connectivity index (χ4n) is 5.55. The van der Waals surface area contributed by atoms with E-state index in [1.807, 2.05) is 6.92 Å². The Labute approximate surface area is 307 Å². The molecular weight excluding hydrogens is 709 g/mol. The summed E-state index contributed by atoms with van der Waals surface area (Å²) in [4.78, 5) is 33.9. The second-order valence-corrected chi connectivity index (χ2v) is 21.9. The average molecular weight is 763 g/mol. The van der Waals surface area contributed by atoms with Gasteiger partial charge in [-0.1, -0.05) is 20.8 Å². The standard InChI is InChI=1S/C35H54N6O9SSi/c1-11-47-26-16-14-25(15-17-26)40(33(44)49-34(2,3)4)31-28(21-27(50-51(8,45)46)23-48-52(9,10)35(5,6)7)30(38-29-18-19-36-41(29)31)37-24-13-12-20-39(22-24)32(42)43/h14-19,24,27H,11-13,20-23H2,1-10H3,(H,37,38)(H,42,43)/t24-,27?/m0/s1. The second-order valence-electron chi connectivity index (χ2n) is 15.5. The number of piperidine rings is 1. The third kappa shape index (κ3) is 10.6. The highest BCUT2D eigenvalue weighted by molar-refractivity contribution is 7.86. The molecule has 0 radical (unpaired) electrons. The highest BCUT2D eigenvalue weighted by Gasteiger charge is 2.39. The van der Waals surface area contributed by atoms with Crippen LogP contribution in [0.2, 0.25) is 18.1 Å². The third-order valence-corrected chi connectivity index (χ3v) is 14.1. The number of carbonyl (C=O) groups excluding carboxylic acids is 1. The van der Waals surface area contributed by atoms with Gasteiger partial charge in [0.15, 0.2) is 19.8 Å². The van der Waals surface area contributed by atoms with E-state index in [9.17, 15) is 23.1 Å². The number of hydrogen-bond donors (Lipinski definition) is 2. The van der Waals surface area contributed by atoms with Crippen LogP contribution in [0, 0.1) is 0 Å². The van der Waals surface area contributed by atoms with Crippen LogP contribution in [0.25, 0.3) is 5.65 Å². The van der Waals surface area contributed by atoms with Gasteiger partial charge in [0, 0.05) is 37.2 Å². The Bertz CT molecular complexity index is 1820. The highest BCUT2D eigenvalue weighted by atomic mass is 32.2. The SMILES string of the molecule is CCOc1ccc(N(C(=O)OC(C)(C)C)c2c(CC(CO[Si](C)(C)C(C)(C)C)OS(C)(=O)=O)c(N[C@H]3CCCN(C(=O)O)C3)nc3ccnn23)cc1. The second kappa shape index (κ2) is 16.0. The smallest absolute Gasteiger partial charge is 0.420 e. The van der Waals surface area contributed by atoms with E-state index in [0.29, 0.717) is 54.5 Å². The first kappa shape index (κ1) is 40.8. The molecule has 1 aromatic carbocycles. The van der Waals surface area contributed by atoms with Gasteiger partial charge in [-0.15, -0.1) is 0 Å². The van der Waals surface area contributed by atoms with E-state index in [1.54, 1.807) is 57.3 Å². The Hall–Kier alpha value is -3.93. The zero-order valence-corrected chi connectivity index (χ0v) is 33.7. The maximum atomic E-state index is 14.4. The summed E-state index contributed by atoms with van der Waals surface area (Å²) in [6.45, 7) is 18.5. The molecule has 4 rings (SSSR count). The molecule has 288 valence electrons. The minimum Gasteiger partial charge on any atom is -0.494 e. The molecule has 17 heteroatoms. The molecule has 2 amide bonds. The number of ether oxygens (including phenoxy) is 2. The van der Waals surface area contributed by atoms with Crippen LogP contribution >= 0.6 is 0 Å². The fourth-order valence-corrected chi connectivity index (χ4v) is 7.21. The number of anilines is 3. The summed E-state index contributed by atoms with van der Waals surface area (Å²) in [6.07, 6.45) is 0.922. The summed E-state index contributed by atoms with van der Waals surface area (Å²) in [5, 5.41) is 17.6. The largest absolute Gasteiger partial charge is 0.494 e. The number of rotatable bonds is 13. The fraction of sp³-hybridized carbons (Fsp3) is 0.600. The van der Waals surface area contributed by atoms with Crippen molar-refractivity contribution in [2.75, 3.05) is 42.8 Å². The van der Waals surface area contributed by atoms with Crippen LogP contribution in [-0.4, -0.2) is 104 Å². The molecule has 0 bridgehead atoms. The lowest BCUT2D eigenvalue weighted by molar-refractivity contribution is 0.0596. The number of amides is 2. The molecule has 1 unspecified atom stereocenters. The normalized spacial score (nSPS) is 16.4. The molecule has 15 nitrogen and oxygen atoms in total. The van der Waals surface area contributed by atoms with Gasteiger partial charge in [0.25, 0.3) is 10.1 Å². The summed E-state index contributed by atoms with van der Waals surface area (Å²) in [6, 6.07) is 8.26. The lowest BCUT2D eigenvalue weighted by Crippen LogP contribution is -2.45. The number of fused-ring (bicyclic) bond motifs is 1. The van der Waals surface area contributed by atoms with Crippen molar-refractivity contribution in [3.63, 3.8) is 0 Å². The molecule has 52 heavy (non-hydrogen) atoms. The summed E-state index contributed by atoms with van der Waals surface area (Å²) >= 11 is 0. The molecule has 2 aromatic heterocycles. The van der Waals surface area contributed by atoms with Gasteiger partial charge < -0.3 is 29.2 Å². The highest BCUT2D eigenvalue weighted by Crippen LogP contribution is 2.39. The molecule has 1 aliphatic rings. The number of aromatic nitrogens is 3. The van der Waals surface area contributed by atoms with Crippen molar-refractivity contribution in [3.8, 4) is 5.75 Å². The van der Waals surface area contributed by atoms with Crippen LogP contribution in [0.4, 0.5) is 26.9 Å². The summed E-state index contributed by atoms with van der Waals surface area (Å²) in [5.74, 6) is 1.15. The van der Waals surface area contributed by atoms with Gasteiger partial charge in [-0.05, 0) is 82.9 Å². The molecule has 3 heterocycles. The summed E-state index contributed by atoms with van der Waals surface area (Å²) in [7, 11) is -6.38. The van der Waals surface area contributed by atoms with Gasteiger partial charge in [0.1, 0.15) is 23.3 Å². The summed E-state index contributed by atoms with van der Waals surface area (Å²) in [5.41, 5.74) is 0.292. The van der Waals surface area contributed by atoms with Gasteiger partial charge in [-0.2, -0.15) is 18.0 Å². The van der Waals surface area contributed by atoms with Gasteiger partial charge in [0.05, 0.1) is 31.4 Å². The van der Waals surface area contributed by atoms with E-state index in [4.69, 9.17) is 23.1 Å². The van der Waals surface area contributed by atoms with E-state index in [0.717, 1.165) is 6.26 Å². The molecule has 0 aliphatic carbocycles. The number of benzene rings is 1. The van der Waals surface area contributed by atoms with E-state index < -0.39 is 42.3 Å². The number of likely N-dealkylation sites (tertiary alicyclic amines) is 1. The van der Waals surface area contributed by atoms with E-state index in [2.05, 4.69) is 44.3 Å². The van der Waals surface area contributed by atoms with Crippen LogP contribution in [0.15, 0.2) is 36.5 Å². The molecule has 0 spiro atoms. The average Bonchev–Trinajstić information content (AvgIpc) is 3.48. The van der Waals surface area contributed by atoms with Crippen molar-refractivity contribution in [2.24, 2.45) is 0 Å². The van der Waals surface area contributed by atoms with Gasteiger partial charge in [-0.3, -0.25) is 4.18 Å². The molecule has 3 aromatic rings. The van der Waals surface area contributed by atoms with E-state index >= 15 is 0 Å². The minimum atomic E-state index is -3.99. The zero-order valence-electron chi connectivity index (χ0n) is 31.9. The van der Waals surface area contributed by atoms with Gasteiger partial charge in [-0.25, -0.2) is 19.5 Å². The maximum Gasteiger partial charge on any atom is 0.420 e. The Kier molecular flexibility index (Phi) is 12.5. The molecule has 2 atom stereocenters. The van der Waals surface area contributed by atoms with Crippen molar-refractivity contribution in [1.82, 2.24) is 19.5 Å². The molecule has 1 saturated heterocycles. The van der Waals surface area contributed by atoms with Crippen molar-refractivity contribution < 1.29 is 41.2 Å². The molecule has 2 N–H and O–H groups in total. The molecule has 1 aliphatic heterocycles. The molecule has 1 fully saturated rings. The number of nitrogens with zero attached hydrogens (tertiary/aromatic N) is 5. The minimum absolute atomic E-state index is 0.0642. The first-order chi connectivity index (χ1) is 24.1. The topological polar surface area (TPSA) is 174 Å². The van der Waals surface area contributed by atoms with Crippen molar-refractivity contribution >= 4 is 53.6 Å².